The molecule has 0 amide bonds. The molecular weight excluding hydrogens is 348 g/mol. The summed E-state index contributed by atoms with van der Waals surface area (Å²) in [5.74, 6) is 2.63. The molecule has 0 atom stereocenters. The van der Waals surface area contributed by atoms with Crippen LogP contribution in [0.2, 0.25) is 0 Å². The maximum absolute atomic E-state index is 6.25. The van der Waals surface area contributed by atoms with Gasteiger partial charge in [0.1, 0.15) is 25.2 Å². The standard InChI is InChI=1S/C18H24N6O3/c19-16-17(20-3-4-24-5-7-25-8-6-24)21-12-22-18(16)23-13-1-2-14-15(11-13)27-10-9-26-14/h1-2,11-12H,3-10,19H2,(H2,20,21,22,23). The molecule has 9 heteroatoms. The molecule has 2 aliphatic heterocycles. The number of nitrogens with two attached hydrogens (primary N) is 1. The SMILES string of the molecule is Nc1c(NCCN2CCOCC2)ncnc1Nc1ccc2c(c1)OCCO2. The van der Waals surface area contributed by atoms with Gasteiger partial charge < -0.3 is 30.6 Å². The average molecular weight is 372 g/mol. The summed E-state index contributed by atoms with van der Waals surface area (Å²) < 4.78 is 16.5. The number of ether oxygens (including phenoxy) is 3. The molecule has 144 valence electrons. The number of rotatable bonds is 6. The highest BCUT2D eigenvalue weighted by Gasteiger charge is 2.14. The lowest BCUT2D eigenvalue weighted by Gasteiger charge is -2.26. The molecule has 2 aliphatic rings. The molecule has 0 unspecified atom stereocenters. The highest BCUT2D eigenvalue weighted by atomic mass is 16.6. The van der Waals surface area contributed by atoms with E-state index in [1.165, 1.54) is 6.33 Å². The van der Waals surface area contributed by atoms with Crippen molar-refractivity contribution >= 4 is 23.0 Å². The van der Waals surface area contributed by atoms with Crippen LogP contribution in [0.4, 0.5) is 23.0 Å². The summed E-state index contributed by atoms with van der Waals surface area (Å²) in [4.78, 5) is 10.9. The first kappa shape index (κ1) is 17.6. The number of hydrogen-bond donors (Lipinski definition) is 3. The van der Waals surface area contributed by atoms with Crippen LogP contribution in [-0.4, -0.2) is 67.5 Å². The fraction of sp³-hybridized carbons (Fsp3) is 0.444. The maximum atomic E-state index is 6.25. The Hall–Kier alpha value is -2.78. The molecule has 1 aromatic heterocycles. The summed E-state index contributed by atoms with van der Waals surface area (Å²) in [5.41, 5.74) is 7.55. The van der Waals surface area contributed by atoms with Crippen LogP contribution in [0, 0.1) is 0 Å². The van der Waals surface area contributed by atoms with Gasteiger partial charge in [-0.05, 0) is 12.1 Å². The third kappa shape index (κ3) is 4.32. The van der Waals surface area contributed by atoms with Crippen LogP contribution < -0.4 is 25.8 Å². The highest BCUT2D eigenvalue weighted by molar-refractivity contribution is 5.78. The summed E-state index contributed by atoms with van der Waals surface area (Å²) in [6.07, 6.45) is 1.49. The fourth-order valence-corrected chi connectivity index (χ4v) is 3.05. The van der Waals surface area contributed by atoms with E-state index in [0.717, 1.165) is 50.8 Å². The van der Waals surface area contributed by atoms with Gasteiger partial charge in [0.2, 0.25) is 0 Å². The lowest BCUT2D eigenvalue weighted by atomic mass is 10.2. The molecule has 1 aromatic carbocycles. The van der Waals surface area contributed by atoms with E-state index in [0.29, 0.717) is 36.3 Å². The number of aromatic nitrogens is 2. The van der Waals surface area contributed by atoms with E-state index < -0.39 is 0 Å². The first-order valence-electron chi connectivity index (χ1n) is 9.11. The van der Waals surface area contributed by atoms with Crippen LogP contribution in [0.3, 0.4) is 0 Å². The van der Waals surface area contributed by atoms with Crippen LogP contribution in [0.5, 0.6) is 11.5 Å². The molecule has 3 heterocycles. The minimum absolute atomic E-state index is 0.481. The van der Waals surface area contributed by atoms with Gasteiger partial charge in [-0.15, -0.1) is 0 Å². The van der Waals surface area contributed by atoms with Crippen LogP contribution >= 0.6 is 0 Å². The Balaban J connectivity index is 1.39. The van der Waals surface area contributed by atoms with Crippen molar-refractivity contribution in [2.24, 2.45) is 0 Å². The fourth-order valence-electron chi connectivity index (χ4n) is 3.05. The largest absolute Gasteiger partial charge is 0.486 e. The second kappa shape index (κ2) is 8.28. The van der Waals surface area contributed by atoms with E-state index in [9.17, 15) is 0 Å². The van der Waals surface area contributed by atoms with E-state index in [4.69, 9.17) is 19.9 Å². The summed E-state index contributed by atoms with van der Waals surface area (Å²) >= 11 is 0. The lowest BCUT2D eigenvalue weighted by Crippen LogP contribution is -2.39. The van der Waals surface area contributed by atoms with Crippen molar-refractivity contribution in [2.45, 2.75) is 0 Å². The number of anilines is 4. The topological polar surface area (TPSA) is 107 Å². The smallest absolute Gasteiger partial charge is 0.163 e. The molecule has 2 aromatic rings. The van der Waals surface area contributed by atoms with Crippen molar-refractivity contribution in [3.63, 3.8) is 0 Å². The van der Waals surface area contributed by atoms with Gasteiger partial charge in [-0.25, -0.2) is 9.97 Å². The van der Waals surface area contributed by atoms with Crippen molar-refractivity contribution in [2.75, 3.05) is 69.0 Å². The van der Waals surface area contributed by atoms with Crippen molar-refractivity contribution in [1.82, 2.24) is 14.9 Å². The normalized spacial score (nSPS) is 16.7. The maximum Gasteiger partial charge on any atom is 0.163 e. The van der Waals surface area contributed by atoms with Gasteiger partial charge in [-0.2, -0.15) is 0 Å². The molecule has 0 spiro atoms. The number of morpholine rings is 1. The van der Waals surface area contributed by atoms with Crippen molar-refractivity contribution < 1.29 is 14.2 Å². The summed E-state index contributed by atoms with van der Waals surface area (Å²) in [5, 5.41) is 6.52. The second-order valence-corrected chi connectivity index (χ2v) is 6.35. The number of benzene rings is 1. The van der Waals surface area contributed by atoms with Gasteiger partial charge in [0.25, 0.3) is 0 Å². The van der Waals surface area contributed by atoms with Gasteiger partial charge in [0, 0.05) is 37.9 Å². The number of nitrogens with one attached hydrogen (secondary N) is 2. The molecule has 9 nitrogen and oxygen atoms in total. The summed E-state index contributed by atoms with van der Waals surface area (Å²) in [7, 11) is 0. The predicted octanol–water partition coefficient (Wildman–Crippen LogP) is 1.32. The van der Waals surface area contributed by atoms with Crippen molar-refractivity contribution in [3.05, 3.63) is 24.5 Å². The lowest BCUT2D eigenvalue weighted by molar-refractivity contribution is 0.0398. The van der Waals surface area contributed by atoms with Gasteiger partial charge in [0.15, 0.2) is 23.1 Å². The summed E-state index contributed by atoms with van der Waals surface area (Å²) in [6.45, 7) is 6.28. The zero-order chi connectivity index (χ0) is 18.5. The molecule has 1 saturated heterocycles. The molecule has 4 rings (SSSR count). The Kier molecular flexibility index (Phi) is 5.40. The zero-order valence-corrected chi connectivity index (χ0v) is 15.1. The first-order valence-corrected chi connectivity index (χ1v) is 9.11. The Labute approximate surface area is 157 Å². The minimum Gasteiger partial charge on any atom is -0.486 e. The number of nitrogens with zero attached hydrogens (tertiary/aromatic N) is 3. The minimum atomic E-state index is 0.481. The Morgan fingerprint density at radius 3 is 2.63 bits per heavy atom. The Morgan fingerprint density at radius 1 is 1.00 bits per heavy atom. The van der Waals surface area contributed by atoms with E-state index in [2.05, 4.69) is 25.5 Å². The third-order valence-electron chi connectivity index (χ3n) is 4.51. The van der Waals surface area contributed by atoms with Crippen molar-refractivity contribution in [1.29, 1.82) is 0 Å². The van der Waals surface area contributed by atoms with Gasteiger partial charge in [-0.1, -0.05) is 0 Å². The first-order chi connectivity index (χ1) is 13.3. The van der Waals surface area contributed by atoms with E-state index in [1.807, 2.05) is 18.2 Å². The molecule has 27 heavy (non-hydrogen) atoms. The third-order valence-corrected chi connectivity index (χ3v) is 4.51. The van der Waals surface area contributed by atoms with Gasteiger partial charge in [0.05, 0.1) is 13.2 Å². The molecule has 0 bridgehead atoms. The van der Waals surface area contributed by atoms with Crippen LogP contribution in [-0.2, 0) is 4.74 Å². The summed E-state index contributed by atoms with van der Waals surface area (Å²) in [6, 6.07) is 5.65. The van der Waals surface area contributed by atoms with Crippen molar-refractivity contribution in [3.8, 4) is 11.5 Å². The Bertz CT molecular complexity index is 782. The van der Waals surface area contributed by atoms with Crippen LogP contribution in [0.15, 0.2) is 24.5 Å². The second-order valence-electron chi connectivity index (χ2n) is 6.35. The monoisotopic (exact) mass is 372 g/mol. The average Bonchev–Trinajstić information content (AvgIpc) is 2.71. The number of nitrogen functional groups attached to an aromatic ring is 1. The molecule has 0 saturated carbocycles. The number of fused-ring (bicyclic) bond motifs is 1. The van der Waals surface area contributed by atoms with Gasteiger partial charge >= 0.3 is 0 Å². The van der Waals surface area contributed by atoms with Crippen LogP contribution in [0.25, 0.3) is 0 Å². The van der Waals surface area contributed by atoms with Gasteiger partial charge in [-0.3, -0.25) is 4.90 Å². The number of hydrogen-bond acceptors (Lipinski definition) is 9. The predicted molar refractivity (Wildman–Crippen MR) is 103 cm³/mol. The van der Waals surface area contributed by atoms with E-state index >= 15 is 0 Å². The molecule has 1 fully saturated rings. The van der Waals surface area contributed by atoms with E-state index in [1.54, 1.807) is 0 Å². The quantitative estimate of drug-likeness (QED) is 0.692. The van der Waals surface area contributed by atoms with E-state index in [-0.39, 0.29) is 0 Å². The molecule has 0 aliphatic carbocycles. The molecular formula is C18H24N6O3. The Morgan fingerprint density at radius 2 is 1.78 bits per heavy atom. The van der Waals surface area contributed by atoms with Crippen LogP contribution in [0.1, 0.15) is 0 Å². The molecule has 4 N–H and O–H groups in total. The molecule has 0 radical (unpaired) electrons. The highest BCUT2D eigenvalue weighted by Crippen LogP contribution is 2.34. The zero-order valence-electron chi connectivity index (χ0n) is 15.1.